The molecule has 0 spiro atoms. The Labute approximate surface area is 105 Å². The summed E-state index contributed by atoms with van der Waals surface area (Å²) in [5, 5.41) is 5.95. The van der Waals surface area contributed by atoms with Crippen LogP contribution in [0.3, 0.4) is 0 Å². The lowest BCUT2D eigenvalue weighted by molar-refractivity contribution is 0.0507. The van der Waals surface area contributed by atoms with Gasteiger partial charge in [-0.05, 0) is 60.0 Å². The molecule has 4 nitrogen and oxygen atoms in total. The molecular formula is C13H28N2O2. The molecule has 1 amide bonds. The summed E-state index contributed by atoms with van der Waals surface area (Å²) < 4.78 is 5.06. The molecule has 1 aliphatic rings. The van der Waals surface area contributed by atoms with Crippen LogP contribution in [0, 0.1) is 0 Å². The maximum atomic E-state index is 11.1. The Hall–Kier alpha value is -0.770. The zero-order valence-corrected chi connectivity index (χ0v) is 11.9. The predicted octanol–water partition coefficient (Wildman–Crippen LogP) is 2.68. The van der Waals surface area contributed by atoms with Crippen LogP contribution in [0.4, 0.5) is 4.79 Å². The van der Waals surface area contributed by atoms with Crippen molar-refractivity contribution in [3.8, 4) is 0 Å². The summed E-state index contributed by atoms with van der Waals surface area (Å²) in [6.45, 7) is 12.0. The summed E-state index contributed by atoms with van der Waals surface area (Å²) in [6, 6.07) is 0.180. The number of amides is 1. The van der Waals surface area contributed by atoms with Gasteiger partial charge in [-0.1, -0.05) is 6.92 Å². The van der Waals surface area contributed by atoms with E-state index in [2.05, 4.69) is 10.6 Å². The SMILES string of the molecule is C1CCNC1.CCC(C)NC(=O)OC(C)(C)C. The van der Waals surface area contributed by atoms with Gasteiger partial charge in [-0.3, -0.25) is 0 Å². The zero-order valence-electron chi connectivity index (χ0n) is 11.9. The van der Waals surface area contributed by atoms with Crippen molar-refractivity contribution in [3.05, 3.63) is 0 Å². The zero-order chi connectivity index (χ0) is 13.3. The molecule has 1 unspecified atom stereocenters. The first-order chi connectivity index (χ1) is 7.85. The first-order valence-corrected chi connectivity index (χ1v) is 6.55. The molecule has 0 aromatic rings. The van der Waals surface area contributed by atoms with Gasteiger partial charge in [0.15, 0.2) is 0 Å². The number of alkyl carbamates (subject to hydrolysis) is 1. The maximum absolute atomic E-state index is 11.1. The van der Waals surface area contributed by atoms with Crippen molar-refractivity contribution in [1.29, 1.82) is 0 Å². The monoisotopic (exact) mass is 244 g/mol. The average Bonchev–Trinajstić information content (AvgIpc) is 2.71. The van der Waals surface area contributed by atoms with Crippen molar-refractivity contribution in [1.82, 2.24) is 10.6 Å². The average molecular weight is 244 g/mol. The third-order valence-corrected chi connectivity index (χ3v) is 2.33. The van der Waals surface area contributed by atoms with Crippen LogP contribution >= 0.6 is 0 Å². The van der Waals surface area contributed by atoms with Gasteiger partial charge in [0.1, 0.15) is 5.60 Å². The van der Waals surface area contributed by atoms with E-state index < -0.39 is 5.60 Å². The van der Waals surface area contributed by atoms with Crippen LogP contribution in [0.2, 0.25) is 0 Å². The fourth-order valence-electron chi connectivity index (χ4n) is 1.24. The van der Waals surface area contributed by atoms with Crippen LogP contribution in [0.1, 0.15) is 53.9 Å². The van der Waals surface area contributed by atoms with E-state index in [9.17, 15) is 4.79 Å². The van der Waals surface area contributed by atoms with Crippen molar-refractivity contribution < 1.29 is 9.53 Å². The molecule has 4 heteroatoms. The number of hydrogen-bond acceptors (Lipinski definition) is 3. The minimum atomic E-state index is -0.405. The van der Waals surface area contributed by atoms with Crippen LogP contribution in [0.25, 0.3) is 0 Å². The van der Waals surface area contributed by atoms with Gasteiger partial charge in [-0.2, -0.15) is 0 Å². The lowest BCUT2D eigenvalue weighted by Gasteiger charge is -2.21. The van der Waals surface area contributed by atoms with E-state index in [0.29, 0.717) is 0 Å². The Morgan fingerprint density at radius 1 is 1.35 bits per heavy atom. The number of nitrogens with one attached hydrogen (secondary N) is 2. The van der Waals surface area contributed by atoms with Gasteiger partial charge in [-0.15, -0.1) is 0 Å². The lowest BCUT2D eigenvalue weighted by Crippen LogP contribution is -2.37. The van der Waals surface area contributed by atoms with Crippen LogP contribution < -0.4 is 10.6 Å². The molecule has 1 heterocycles. The van der Waals surface area contributed by atoms with Gasteiger partial charge in [-0.25, -0.2) is 4.79 Å². The topological polar surface area (TPSA) is 50.4 Å². The normalized spacial score (nSPS) is 16.8. The molecule has 0 saturated carbocycles. The molecule has 1 fully saturated rings. The summed E-state index contributed by atoms with van der Waals surface area (Å²) in [5.74, 6) is 0. The van der Waals surface area contributed by atoms with Crippen molar-refractivity contribution >= 4 is 6.09 Å². The van der Waals surface area contributed by atoms with Gasteiger partial charge < -0.3 is 15.4 Å². The summed E-state index contributed by atoms with van der Waals surface area (Å²) in [7, 11) is 0. The number of ether oxygens (including phenoxy) is 1. The van der Waals surface area contributed by atoms with Gasteiger partial charge in [0.2, 0.25) is 0 Å². The van der Waals surface area contributed by atoms with E-state index in [4.69, 9.17) is 4.74 Å². The molecule has 0 aromatic carbocycles. The molecule has 1 saturated heterocycles. The van der Waals surface area contributed by atoms with Gasteiger partial charge in [0, 0.05) is 6.04 Å². The maximum Gasteiger partial charge on any atom is 0.407 e. The highest BCUT2D eigenvalue weighted by Gasteiger charge is 2.16. The molecular weight excluding hydrogens is 216 g/mol. The summed E-state index contributed by atoms with van der Waals surface area (Å²) in [4.78, 5) is 11.1. The van der Waals surface area contributed by atoms with E-state index in [1.165, 1.54) is 25.9 Å². The van der Waals surface area contributed by atoms with Crippen molar-refractivity contribution in [2.24, 2.45) is 0 Å². The number of carbonyl (C=O) groups is 1. The number of rotatable bonds is 2. The lowest BCUT2D eigenvalue weighted by atomic mass is 10.2. The van der Waals surface area contributed by atoms with Crippen LogP contribution in [-0.4, -0.2) is 30.8 Å². The Bertz CT molecular complexity index is 200. The molecule has 1 rings (SSSR count). The van der Waals surface area contributed by atoms with E-state index in [1.807, 2.05) is 34.6 Å². The summed E-state index contributed by atoms with van der Waals surface area (Å²) >= 11 is 0. The van der Waals surface area contributed by atoms with Crippen molar-refractivity contribution in [2.45, 2.75) is 65.5 Å². The first-order valence-electron chi connectivity index (χ1n) is 6.55. The second-order valence-electron chi connectivity index (χ2n) is 5.41. The highest BCUT2D eigenvalue weighted by molar-refractivity contribution is 5.67. The highest BCUT2D eigenvalue weighted by atomic mass is 16.6. The van der Waals surface area contributed by atoms with Gasteiger partial charge in [0.25, 0.3) is 0 Å². The second kappa shape index (κ2) is 8.34. The van der Waals surface area contributed by atoms with Crippen LogP contribution in [-0.2, 0) is 4.74 Å². The molecule has 102 valence electrons. The highest BCUT2D eigenvalue weighted by Crippen LogP contribution is 2.06. The van der Waals surface area contributed by atoms with E-state index in [-0.39, 0.29) is 12.1 Å². The van der Waals surface area contributed by atoms with E-state index >= 15 is 0 Å². The quantitative estimate of drug-likeness (QED) is 0.785. The fourth-order valence-corrected chi connectivity index (χ4v) is 1.24. The fraction of sp³-hybridized carbons (Fsp3) is 0.923. The number of hydrogen-bond donors (Lipinski definition) is 2. The molecule has 0 aliphatic carbocycles. The Morgan fingerprint density at radius 2 is 1.88 bits per heavy atom. The number of carbonyl (C=O) groups excluding carboxylic acids is 1. The van der Waals surface area contributed by atoms with Crippen LogP contribution in [0.15, 0.2) is 0 Å². The third kappa shape index (κ3) is 11.5. The third-order valence-electron chi connectivity index (χ3n) is 2.33. The van der Waals surface area contributed by atoms with Crippen molar-refractivity contribution in [3.63, 3.8) is 0 Å². The molecule has 17 heavy (non-hydrogen) atoms. The Morgan fingerprint density at radius 3 is 2.18 bits per heavy atom. The van der Waals surface area contributed by atoms with E-state index in [1.54, 1.807) is 0 Å². The van der Waals surface area contributed by atoms with Gasteiger partial charge >= 0.3 is 6.09 Å². The predicted molar refractivity (Wildman–Crippen MR) is 71.2 cm³/mol. The van der Waals surface area contributed by atoms with Gasteiger partial charge in [0.05, 0.1) is 0 Å². The molecule has 1 atom stereocenters. The molecule has 2 N–H and O–H groups in total. The summed E-state index contributed by atoms with van der Waals surface area (Å²) in [6.07, 6.45) is 3.36. The van der Waals surface area contributed by atoms with E-state index in [0.717, 1.165) is 6.42 Å². The molecule has 0 bridgehead atoms. The minimum Gasteiger partial charge on any atom is -0.444 e. The van der Waals surface area contributed by atoms with Crippen molar-refractivity contribution in [2.75, 3.05) is 13.1 Å². The largest absolute Gasteiger partial charge is 0.444 e. The minimum absolute atomic E-state index is 0.180. The Balaban J connectivity index is 0.000000419. The smallest absolute Gasteiger partial charge is 0.407 e. The standard InChI is InChI=1S/C9H19NO2.C4H9N/c1-6-7(2)10-8(11)12-9(3,4)5;1-2-4-5-3-1/h7H,6H2,1-5H3,(H,10,11);5H,1-4H2. The van der Waals surface area contributed by atoms with Crippen LogP contribution in [0.5, 0.6) is 0 Å². The first kappa shape index (κ1) is 16.2. The molecule has 1 aliphatic heterocycles. The molecule has 0 aromatic heterocycles. The summed E-state index contributed by atoms with van der Waals surface area (Å²) in [5.41, 5.74) is -0.405. The molecule has 0 radical (unpaired) electrons. The second-order valence-corrected chi connectivity index (χ2v) is 5.41. The Kier molecular flexibility index (Phi) is 7.96.